The molecule has 2 amide bonds. The van der Waals surface area contributed by atoms with Gasteiger partial charge in [-0.1, -0.05) is 18.0 Å². The third kappa shape index (κ3) is 4.53. The molecule has 0 bridgehead atoms. The topological polar surface area (TPSA) is 75.4 Å². The van der Waals surface area contributed by atoms with E-state index in [1.807, 2.05) is 16.7 Å². The molecule has 0 aromatic carbocycles. The van der Waals surface area contributed by atoms with Gasteiger partial charge < -0.3 is 14.7 Å². The van der Waals surface area contributed by atoms with Crippen molar-refractivity contribution in [3.63, 3.8) is 0 Å². The maximum absolute atomic E-state index is 12.3. The van der Waals surface area contributed by atoms with Gasteiger partial charge in [-0.05, 0) is 32.6 Å². The van der Waals surface area contributed by atoms with Gasteiger partial charge >= 0.3 is 0 Å². The van der Waals surface area contributed by atoms with Crippen LogP contribution in [0.15, 0.2) is 10.6 Å². The fourth-order valence-electron chi connectivity index (χ4n) is 3.38. The van der Waals surface area contributed by atoms with E-state index in [4.69, 9.17) is 4.52 Å². The lowest BCUT2D eigenvalue weighted by molar-refractivity contribution is -0.132. The fourth-order valence-corrected chi connectivity index (χ4v) is 4.61. The van der Waals surface area contributed by atoms with Gasteiger partial charge in [0, 0.05) is 30.3 Å². The maximum Gasteiger partial charge on any atom is 0.232 e. The molecule has 1 aromatic rings. The zero-order chi connectivity index (χ0) is 16.9. The first-order chi connectivity index (χ1) is 11.6. The standard InChI is InChI=1S/C17H25N3O3S/c1-12-10-15(19-23-12)18-17(22)13-6-8-20(9-7-13)16(21)11-24-14-4-2-3-5-14/h10,13-14H,2-9,11H2,1H3,(H,18,19,22). The summed E-state index contributed by atoms with van der Waals surface area (Å²) < 4.78 is 4.95. The van der Waals surface area contributed by atoms with Crippen molar-refractivity contribution in [2.24, 2.45) is 5.92 Å². The van der Waals surface area contributed by atoms with Crippen LogP contribution in [0.2, 0.25) is 0 Å². The number of hydrogen-bond acceptors (Lipinski definition) is 5. The van der Waals surface area contributed by atoms with Crippen molar-refractivity contribution in [1.29, 1.82) is 0 Å². The summed E-state index contributed by atoms with van der Waals surface area (Å²) in [5.41, 5.74) is 0. The predicted molar refractivity (Wildman–Crippen MR) is 93.9 cm³/mol. The second kappa shape index (κ2) is 8.05. The second-order valence-corrected chi connectivity index (χ2v) is 7.97. The fraction of sp³-hybridized carbons (Fsp3) is 0.706. The summed E-state index contributed by atoms with van der Waals surface area (Å²) in [4.78, 5) is 26.5. The zero-order valence-corrected chi connectivity index (χ0v) is 14.9. The maximum atomic E-state index is 12.3. The third-order valence-electron chi connectivity index (χ3n) is 4.84. The van der Waals surface area contributed by atoms with E-state index in [1.165, 1.54) is 25.7 Å². The van der Waals surface area contributed by atoms with Crippen LogP contribution in [0.1, 0.15) is 44.3 Å². The lowest BCUT2D eigenvalue weighted by atomic mass is 9.96. The number of nitrogens with one attached hydrogen (secondary N) is 1. The summed E-state index contributed by atoms with van der Waals surface area (Å²) in [6.07, 6.45) is 6.53. The molecule has 7 heteroatoms. The van der Waals surface area contributed by atoms with Gasteiger partial charge in [0.1, 0.15) is 5.76 Å². The molecule has 1 saturated heterocycles. The van der Waals surface area contributed by atoms with Gasteiger partial charge in [0.05, 0.1) is 5.75 Å². The average molecular weight is 351 g/mol. The molecule has 2 heterocycles. The molecule has 2 aliphatic rings. The molecular formula is C17H25N3O3S. The van der Waals surface area contributed by atoms with Crippen molar-refractivity contribution in [1.82, 2.24) is 10.1 Å². The molecule has 0 unspecified atom stereocenters. The molecule has 6 nitrogen and oxygen atoms in total. The molecule has 2 fully saturated rings. The molecule has 0 radical (unpaired) electrons. The number of aryl methyl sites for hydroxylation is 1. The van der Waals surface area contributed by atoms with Crippen LogP contribution in [0.25, 0.3) is 0 Å². The minimum atomic E-state index is -0.0615. The molecule has 1 aromatic heterocycles. The number of amides is 2. The third-order valence-corrected chi connectivity index (χ3v) is 6.20. The van der Waals surface area contributed by atoms with E-state index < -0.39 is 0 Å². The molecule has 24 heavy (non-hydrogen) atoms. The van der Waals surface area contributed by atoms with E-state index in [0.717, 1.165) is 0 Å². The number of piperidine rings is 1. The lowest BCUT2D eigenvalue weighted by Crippen LogP contribution is -2.42. The quantitative estimate of drug-likeness (QED) is 0.883. The van der Waals surface area contributed by atoms with Gasteiger partial charge in [0.2, 0.25) is 11.8 Å². The first kappa shape index (κ1) is 17.3. The Morgan fingerprint density at radius 2 is 2.00 bits per heavy atom. The minimum absolute atomic E-state index is 0.0317. The van der Waals surface area contributed by atoms with Crippen molar-refractivity contribution < 1.29 is 14.1 Å². The highest BCUT2D eigenvalue weighted by atomic mass is 32.2. The van der Waals surface area contributed by atoms with Gasteiger partial charge in [-0.2, -0.15) is 0 Å². The van der Waals surface area contributed by atoms with Crippen LogP contribution in [0.3, 0.4) is 0 Å². The van der Waals surface area contributed by atoms with Gasteiger partial charge in [-0.15, -0.1) is 11.8 Å². The summed E-state index contributed by atoms with van der Waals surface area (Å²) in [5.74, 6) is 1.84. The Morgan fingerprint density at radius 3 is 2.62 bits per heavy atom. The smallest absolute Gasteiger partial charge is 0.232 e. The lowest BCUT2D eigenvalue weighted by Gasteiger charge is -2.31. The summed E-state index contributed by atoms with van der Waals surface area (Å²) >= 11 is 1.81. The van der Waals surface area contributed by atoms with E-state index in [1.54, 1.807) is 13.0 Å². The number of rotatable bonds is 5. The van der Waals surface area contributed by atoms with Crippen LogP contribution in [0.5, 0.6) is 0 Å². The van der Waals surface area contributed by atoms with Crippen LogP contribution < -0.4 is 5.32 Å². The number of thioether (sulfide) groups is 1. The predicted octanol–water partition coefficient (Wildman–Crippen LogP) is 2.84. The number of nitrogens with zero attached hydrogens (tertiary/aromatic N) is 2. The average Bonchev–Trinajstić information content (AvgIpc) is 3.24. The zero-order valence-electron chi connectivity index (χ0n) is 14.1. The number of carbonyl (C=O) groups is 2. The molecule has 0 atom stereocenters. The second-order valence-electron chi connectivity index (χ2n) is 6.68. The number of hydrogen-bond donors (Lipinski definition) is 1. The minimum Gasteiger partial charge on any atom is -0.360 e. The molecule has 1 saturated carbocycles. The van der Waals surface area contributed by atoms with Crippen LogP contribution in [0, 0.1) is 12.8 Å². The number of likely N-dealkylation sites (tertiary alicyclic amines) is 1. The van der Waals surface area contributed by atoms with E-state index in [2.05, 4.69) is 10.5 Å². The van der Waals surface area contributed by atoms with E-state index in [9.17, 15) is 9.59 Å². The van der Waals surface area contributed by atoms with Crippen LogP contribution in [-0.4, -0.2) is 46.0 Å². The van der Waals surface area contributed by atoms with Crippen LogP contribution in [-0.2, 0) is 9.59 Å². The summed E-state index contributed by atoms with van der Waals surface area (Å²) in [5, 5.41) is 7.24. The number of anilines is 1. The molecule has 1 aliphatic carbocycles. The van der Waals surface area contributed by atoms with Crippen molar-refractivity contribution in [2.75, 3.05) is 24.2 Å². The highest BCUT2D eigenvalue weighted by Crippen LogP contribution is 2.30. The molecule has 1 aliphatic heterocycles. The summed E-state index contributed by atoms with van der Waals surface area (Å²) in [7, 11) is 0. The summed E-state index contributed by atoms with van der Waals surface area (Å²) in [6, 6.07) is 1.71. The summed E-state index contributed by atoms with van der Waals surface area (Å²) in [6.45, 7) is 3.12. The largest absolute Gasteiger partial charge is 0.360 e. The van der Waals surface area contributed by atoms with E-state index >= 15 is 0 Å². The van der Waals surface area contributed by atoms with Gasteiger partial charge in [-0.3, -0.25) is 9.59 Å². The Balaban J connectivity index is 1.39. The monoisotopic (exact) mass is 351 g/mol. The van der Waals surface area contributed by atoms with Crippen molar-refractivity contribution in [3.05, 3.63) is 11.8 Å². The van der Waals surface area contributed by atoms with Crippen molar-refractivity contribution >= 4 is 29.4 Å². The van der Waals surface area contributed by atoms with Crippen LogP contribution in [0.4, 0.5) is 5.82 Å². The molecule has 132 valence electrons. The molecule has 3 rings (SSSR count). The van der Waals surface area contributed by atoms with Gasteiger partial charge in [0.15, 0.2) is 5.82 Å². The normalized spacial score (nSPS) is 19.6. The first-order valence-electron chi connectivity index (χ1n) is 8.75. The van der Waals surface area contributed by atoms with Gasteiger partial charge in [0.25, 0.3) is 0 Å². The Morgan fingerprint density at radius 1 is 1.29 bits per heavy atom. The molecule has 0 spiro atoms. The molecular weight excluding hydrogens is 326 g/mol. The number of carbonyl (C=O) groups excluding carboxylic acids is 2. The Hall–Kier alpha value is -1.50. The number of aromatic nitrogens is 1. The van der Waals surface area contributed by atoms with Gasteiger partial charge in [-0.25, -0.2) is 0 Å². The Bertz CT molecular complexity index is 575. The van der Waals surface area contributed by atoms with E-state index in [0.29, 0.717) is 48.5 Å². The SMILES string of the molecule is Cc1cc(NC(=O)C2CCN(C(=O)CSC3CCCC3)CC2)no1. The van der Waals surface area contributed by atoms with Crippen molar-refractivity contribution in [2.45, 2.75) is 50.7 Å². The Labute approximate surface area is 146 Å². The molecule has 1 N–H and O–H groups in total. The highest BCUT2D eigenvalue weighted by Gasteiger charge is 2.28. The highest BCUT2D eigenvalue weighted by molar-refractivity contribution is 8.00. The Kier molecular flexibility index (Phi) is 5.81. The van der Waals surface area contributed by atoms with E-state index in [-0.39, 0.29) is 17.7 Å². The van der Waals surface area contributed by atoms with Crippen LogP contribution >= 0.6 is 11.8 Å². The first-order valence-corrected chi connectivity index (χ1v) is 9.80. The van der Waals surface area contributed by atoms with Crippen molar-refractivity contribution in [3.8, 4) is 0 Å².